The molecule has 7 nitrogen and oxygen atoms in total. The van der Waals surface area contributed by atoms with Gasteiger partial charge in [-0.15, -0.1) is 0 Å². The third-order valence-electron chi connectivity index (χ3n) is 5.07. The van der Waals surface area contributed by atoms with Gasteiger partial charge in [0, 0.05) is 6.54 Å². The van der Waals surface area contributed by atoms with Crippen molar-refractivity contribution in [1.29, 1.82) is 0 Å². The van der Waals surface area contributed by atoms with Gasteiger partial charge in [0.2, 0.25) is 11.8 Å². The summed E-state index contributed by atoms with van der Waals surface area (Å²) in [5.41, 5.74) is 1.50. The predicted octanol–water partition coefficient (Wildman–Crippen LogP) is 3.56. The number of hydrogen-bond donors (Lipinski definition) is 2. The van der Waals surface area contributed by atoms with Gasteiger partial charge >= 0.3 is 0 Å². The van der Waals surface area contributed by atoms with Crippen LogP contribution in [0.15, 0.2) is 83.8 Å². The number of carbonyl (C=O) groups is 2. The highest BCUT2D eigenvalue weighted by atomic mass is 35.5. The van der Waals surface area contributed by atoms with Gasteiger partial charge in [0.1, 0.15) is 10.9 Å². The molecule has 1 heterocycles. The van der Waals surface area contributed by atoms with Crippen molar-refractivity contribution in [2.75, 3.05) is 9.62 Å². The third kappa shape index (κ3) is 4.32. The molecule has 9 heteroatoms. The number of anilines is 2. The summed E-state index contributed by atoms with van der Waals surface area (Å²) in [4.78, 5) is 25.5. The Labute approximate surface area is 191 Å². The quantitative estimate of drug-likeness (QED) is 0.577. The first-order valence-electron chi connectivity index (χ1n) is 9.87. The average Bonchev–Trinajstić information content (AvgIpc) is 2.79. The molecular weight excluding hydrogens is 450 g/mol. The Morgan fingerprint density at radius 3 is 2.38 bits per heavy atom. The molecule has 32 heavy (non-hydrogen) atoms. The molecule has 1 unspecified atom stereocenters. The summed E-state index contributed by atoms with van der Waals surface area (Å²) in [6, 6.07) is 20.6. The monoisotopic (exact) mass is 469 g/mol. The number of halogens is 1. The lowest BCUT2D eigenvalue weighted by Crippen LogP contribution is -2.52. The maximum absolute atomic E-state index is 13.6. The summed E-state index contributed by atoms with van der Waals surface area (Å²) in [5.74, 6) is -1.04. The van der Waals surface area contributed by atoms with Crippen LogP contribution < -0.4 is 14.9 Å². The van der Waals surface area contributed by atoms with Crippen LogP contribution in [0.4, 0.5) is 11.4 Å². The standard InChI is InChI=1S/C23H20ClN3O4S/c24-17-10-4-7-13-21(17)32(30,31)27-19-12-6-5-11-18(19)26-23(29)20(27)14-22(28)25-15-16-8-2-1-3-9-16/h1-13,20H,14-15H2,(H,25,28)(H,26,29). The van der Waals surface area contributed by atoms with Crippen molar-refractivity contribution in [2.24, 2.45) is 0 Å². The first-order chi connectivity index (χ1) is 15.4. The van der Waals surface area contributed by atoms with Gasteiger partial charge in [-0.05, 0) is 29.8 Å². The average molecular weight is 470 g/mol. The molecule has 0 bridgehead atoms. The van der Waals surface area contributed by atoms with E-state index >= 15 is 0 Å². The third-order valence-corrected chi connectivity index (χ3v) is 7.39. The Morgan fingerprint density at radius 2 is 1.62 bits per heavy atom. The van der Waals surface area contributed by atoms with Crippen LogP contribution in [0, 0.1) is 0 Å². The number of benzene rings is 3. The maximum Gasteiger partial charge on any atom is 0.266 e. The summed E-state index contributed by atoms with van der Waals surface area (Å²) in [7, 11) is -4.24. The highest BCUT2D eigenvalue weighted by molar-refractivity contribution is 7.93. The van der Waals surface area contributed by atoms with E-state index in [9.17, 15) is 18.0 Å². The van der Waals surface area contributed by atoms with Crippen molar-refractivity contribution in [3.63, 3.8) is 0 Å². The molecule has 0 aromatic heterocycles. The largest absolute Gasteiger partial charge is 0.352 e. The molecule has 1 aliphatic rings. The fourth-order valence-corrected chi connectivity index (χ4v) is 5.67. The number of para-hydroxylation sites is 2. The number of hydrogen-bond acceptors (Lipinski definition) is 4. The minimum atomic E-state index is -4.24. The zero-order valence-electron chi connectivity index (χ0n) is 16.9. The summed E-state index contributed by atoms with van der Waals surface area (Å²) < 4.78 is 28.2. The van der Waals surface area contributed by atoms with Crippen LogP contribution in [0.25, 0.3) is 0 Å². The normalized spacial score (nSPS) is 15.6. The zero-order valence-corrected chi connectivity index (χ0v) is 18.4. The van der Waals surface area contributed by atoms with Crippen molar-refractivity contribution < 1.29 is 18.0 Å². The van der Waals surface area contributed by atoms with Gasteiger partial charge in [0.25, 0.3) is 10.0 Å². The SMILES string of the molecule is O=C(CC1C(=O)Nc2ccccc2N1S(=O)(=O)c1ccccc1Cl)NCc1ccccc1. The van der Waals surface area contributed by atoms with Gasteiger partial charge in [-0.3, -0.25) is 13.9 Å². The van der Waals surface area contributed by atoms with Gasteiger partial charge in [-0.1, -0.05) is 66.2 Å². The molecule has 2 N–H and O–H groups in total. The molecule has 0 spiro atoms. The van der Waals surface area contributed by atoms with Gasteiger partial charge in [-0.25, -0.2) is 8.42 Å². The summed E-state index contributed by atoms with van der Waals surface area (Å²) in [6.07, 6.45) is -0.351. The van der Waals surface area contributed by atoms with Crippen molar-refractivity contribution in [3.05, 3.63) is 89.4 Å². The summed E-state index contributed by atoms with van der Waals surface area (Å²) in [5, 5.41) is 5.48. The minimum absolute atomic E-state index is 0.0308. The predicted molar refractivity (Wildman–Crippen MR) is 123 cm³/mol. The lowest BCUT2D eigenvalue weighted by molar-refractivity contribution is -0.125. The Kier molecular flexibility index (Phi) is 6.16. The van der Waals surface area contributed by atoms with Crippen LogP contribution in [0.5, 0.6) is 0 Å². The van der Waals surface area contributed by atoms with Crippen LogP contribution >= 0.6 is 11.6 Å². The molecular formula is C23H20ClN3O4S. The van der Waals surface area contributed by atoms with Crippen molar-refractivity contribution in [2.45, 2.75) is 23.9 Å². The van der Waals surface area contributed by atoms with Crippen LogP contribution in [-0.2, 0) is 26.2 Å². The van der Waals surface area contributed by atoms with E-state index in [2.05, 4.69) is 10.6 Å². The number of nitrogens with one attached hydrogen (secondary N) is 2. The smallest absolute Gasteiger partial charge is 0.266 e. The van der Waals surface area contributed by atoms with E-state index < -0.39 is 27.9 Å². The van der Waals surface area contributed by atoms with Crippen molar-refractivity contribution in [1.82, 2.24) is 5.32 Å². The van der Waals surface area contributed by atoms with Gasteiger partial charge in [0.05, 0.1) is 22.8 Å². The van der Waals surface area contributed by atoms with E-state index in [4.69, 9.17) is 11.6 Å². The minimum Gasteiger partial charge on any atom is -0.352 e. The Morgan fingerprint density at radius 1 is 0.969 bits per heavy atom. The molecule has 0 aliphatic carbocycles. The number of rotatable bonds is 6. The molecule has 1 atom stereocenters. The number of fused-ring (bicyclic) bond motifs is 1. The van der Waals surface area contributed by atoms with Crippen LogP contribution in [0.3, 0.4) is 0 Å². The number of carbonyl (C=O) groups excluding carboxylic acids is 2. The highest BCUT2D eigenvalue weighted by Gasteiger charge is 2.42. The van der Waals surface area contributed by atoms with Gasteiger partial charge in [-0.2, -0.15) is 0 Å². The lowest BCUT2D eigenvalue weighted by atomic mass is 10.1. The first kappa shape index (κ1) is 21.9. The number of sulfonamides is 1. The molecule has 3 aromatic carbocycles. The van der Waals surface area contributed by atoms with E-state index in [1.807, 2.05) is 30.3 Å². The molecule has 0 saturated heterocycles. The van der Waals surface area contributed by atoms with Crippen LogP contribution in [0.1, 0.15) is 12.0 Å². The fraction of sp³-hybridized carbons (Fsp3) is 0.130. The van der Waals surface area contributed by atoms with Gasteiger partial charge < -0.3 is 10.6 Å². The van der Waals surface area contributed by atoms with E-state index in [0.29, 0.717) is 5.69 Å². The fourth-order valence-electron chi connectivity index (χ4n) is 3.54. The summed E-state index contributed by atoms with van der Waals surface area (Å²) in [6.45, 7) is 0.266. The molecule has 164 valence electrons. The zero-order chi connectivity index (χ0) is 22.7. The molecule has 4 rings (SSSR count). The highest BCUT2D eigenvalue weighted by Crippen LogP contribution is 2.38. The Balaban J connectivity index is 1.68. The topological polar surface area (TPSA) is 95.6 Å². The molecule has 0 radical (unpaired) electrons. The molecule has 0 fully saturated rings. The first-order valence-corrected chi connectivity index (χ1v) is 11.7. The molecule has 3 aromatic rings. The van der Waals surface area contributed by atoms with Gasteiger partial charge in [0.15, 0.2) is 0 Å². The molecule has 0 saturated carbocycles. The number of amides is 2. The molecule has 1 aliphatic heterocycles. The Hall–Kier alpha value is -3.36. The van der Waals surface area contributed by atoms with E-state index in [1.165, 1.54) is 12.1 Å². The van der Waals surface area contributed by atoms with E-state index in [0.717, 1.165) is 9.87 Å². The van der Waals surface area contributed by atoms with Crippen molar-refractivity contribution in [3.8, 4) is 0 Å². The molecule has 2 amide bonds. The van der Waals surface area contributed by atoms with Crippen LogP contribution in [0.2, 0.25) is 5.02 Å². The second kappa shape index (κ2) is 9.02. The second-order valence-electron chi connectivity index (χ2n) is 7.22. The van der Waals surface area contributed by atoms with Crippen LogP contribution in [-0.4, -0.2) is 26.3 Å². The van der Waals surface area contributed by atoms with E-state index in [-0.39, 0.29) is 28.6 Å². The van der Waals surface area contributed by atoms with E-state index in [1.54, 1.807) is 36.4 Å². The maximum atomic E-state index is 13.6. The number of nitrogens with zero attached hydrogens (tertiary/aromatic N) is 1. The Bertz CT molecular complexity index is 1260. The lowest BCUT2D eigenvalue weighted by Gasteiger charge is -2.36. The van der Waals surface area contributed by atoms with Crippen molar-refractivity contribution >= 4 is 44.8 Å². The summed E-state index contributed by atoms with van der Waals surface area (Å²) >= 11 is 6.18. The second-order valence-corrected chi connectivity index (χ2v) is 9.41.